The Morgan fingerprint density at radius 3 is 2.81 bits per heavy atom. The molecule has 2 heterocycles. The Hall–Kier alpha value is -2.66. The first-order valence-corrected chi connectivity index (χ1v) is 9.01. The first-order valence-electron chi connectivity index (χ1n) is 9.01. The predicted molar refractivity (Wildman–Crippen MR) is 103 cm³/mol. The Kier molecular flexibility index (Phi) is 6.39. The zero-order valence-electron chi connectivity index (χ0n) is 15.4. The maximum absolute atomic E-state index is 5.84. The summed E-state index contributed by atoms with van der Waals surface area (Å²) in [6.07, 6.45) is 5.67. The van der Waals surface area contributed by atoms with Gasteiger partial charge in [-0.2, -0.15) is 0 Å². The number of hydrogen-bond acceptors (Lipinski definition) is 4. The van der Waals surface area contributed by atoms with E-state index in [1.54, 1.807) is 6.20 Å². The lowest BCUT2D eigenvalue weighted by molar-refractivity contribution is 0.301. The number of pyridine rings is 1. The number of nitrogens with zero attached hydrogens (tertiary/aromatic N) is 3. The molecule has 2 aromatic heterocycles. The summed E-state index contributed by atoms with van der Waals surface area (Å²) in [5.41, 5.74) is 2.15. The molecule has 0 spiro atoms. The molecule has 0 radical (unpaired) electrons. The second-order valence-corrected chi connectivity index (χ2v) is 6.62. The second kappa shape index (κ2) is 9.15. The molecule has 0 saturated carbocycles. The average molecular weight is 350 g/mol. The molecular weight excluding hydrogens is 324 g/mol. The summed E-state index contributed by atoms with van der Waals surface area (Å²) in [5.74, 6) is 2.47. The van der Waals surface area contributed by atoms with Crippen LogP contribution in [-0.4, -0.2) is 21.1 Å². The van der Waals surface area contributed by atoms with E-state index in [4.69, 9.17) is 4.74 Å². The third kappa shape index (κ3) is 5.43. The highest BCUT2D eigenvalue weighted by Crippen LogP contribution is 2.15. The molecule has 3 aromatic rings. The predicted octanol–water partition coefficient (Wildman–Crippen LogP) is 3.59. The van der Waals surface area contributed by atoms with Gasteiger partial charge >= 0.3 is 0 Å². The first-order chi connectivity index (χ1) is 12.7. The fourth-order valence-corrected chi connectivity index (χ4v) is 2.85. The van der Waals surface area contributed by atoms with Crippen LogP contribution in [-0.2, 0) is 19.7 Å². The van der Waals surface area contributed by atoms with Crippen molar-refractivity contribution in [3.8, 4) is 5.75 Å². The molecule has 136 valence electrons. The minimum Gasteiger partial charge on any atom is -0.487 e. The van der Waals surface area contributed by atoms with Crippen LogP contribution in [0.15, 0.2) is 61.1 Å². The lowest BCUT2D eigenvalue weighted by Crippen LogP contribution is -2.24. The van der Waals surface area contributed by atoms with Gasteiger partial charge in [-0.25, -0.2) is 4.98 Å². The molecule has 0 saturated heterocycles. The van der Waals surface area contributed by atoms with Gasteiger partial charge in [0.1, 0.15) is 18.2 Å². The molecule has 1 aromatic carbocycles. The standard InChI is InChI=1S/C21H26N4O/c1-17(15-25-11-10-23-18(25)2)13-22-14-19-6-5-8-21(12-19)26-16-20-7-3-4-9-24-20/h3-12,17,22H,13-16H2,1-2H3. The fraction of sp³-hybridized carbons (Fsp3) is 0.333. The van der Waals surface area contributed by atoms with Crippen molar-refractivity contribution >= 4 is 0 Å². The Labute approximate surface area is 155 Å². The van der Waals surface area contributed by atoms with E-state index in [0.717, 1.165) is 36.9 Å². The molecule has 0 aliphatic heterocycles. The molecule has 0 fully saturated rings. The number of imidazole rings is 1. The topological polar surface area (TPSA) is 52.0 Å². The van der Waals surface area contributed by atoms with Crippen LogP contribution in [0.4, 0.5) is 0 Å². The van der Waals surface area contributed by atoms with E-state index in [2.05, 4.69) is 38.9 Å². The molecule has 0 bridgehead atoms. The van der Waals surface area contributed by atoms with Crippen molar-refractivity contribution < 1.29 is 4.74 Å². The van der Waals surface area contributed by atoms with Crippen LogP contribution in [0.3, 0.4) is 0 Å². The smallest absolute Gasteiger partial charge is 0.130 e. The van der Waals surface area contributed by atoms with Gasteiger partial charge in [-0.15, -0.1) is 0 Å². The van der Waals surface area contributed by atoms with E-state index >= 15 is 0 Å². The highest BCUT2D eigenvalue weighted by molar-refractivity contribution is 5.28. The molecule has 0 aliphatic rings. The molecule has 5 nitrogen and oxygen atoms in total. The van der Waals surface area contributed by atoms with Crippen LogP contribution in [0, 0.1) is 12.8 Å². The third-order valence-corrected chi connectivity index (χ3v) is 4.27. The fourth-order valence-electron chi connectivity index (χ4n) is 2.85. The molecule has 3 rings (SSSR count). The maximum atomic E-state index is 5.84. The van der Waals surface area contributed by atoms with Crippen molar-refractivity contribution in [1.82, 2.24) is 19.9 Å². The van der Waals surface area contributed by atoms with Crippen LogP contribution < -0.4 is 10.1 Å². The zero-order valence-corrected chi connectivity index (χ0v) is 15.4. The number of rotatable bonds is 9. The largest absolute Gasteiger partial charge is 0.487 e. The van der Waals surface area contributed by atoms with Crippen LogP contribution >= 0.6 is 0 Å². The number of ether oxygens (including phenoxy) is 1. The zero-order chi connectivity index (χ0) is 18.2. The molecular formula is C21H26N4O. The van der Waals surface area contributed by atoms with E-state index in [-0.39, 0.29) is 0 Å². The number of nitrogens with one attached hydrogen (secondary N) is 1. The summed E-state index contributed by atoms with van der Waals surface area (Å²) in [6, 6.07) is 14.1. The number of aromatic nitrogens is 3. The first kappa shape index (κ1) is 18.1. The normalized spacial score (nSPS) is 12.1. The van der Waals surface area contributed by atoms with Gasteiger partial charge in [0.25, 0.3) is 0 Å². The van der Waals surface area contributed by atoms with E-state index in [9.17, 15) is 0 Å². The summed E-state index contributed by atoms with van der Waals surface area (Å²) < 4.78 is 8.04. The molecule has 5 heteroatoms. The molecule has 1 atom stereocenters. The van der Waals surface area contributed by atoms with E-state index in [1.807, 2.05) is 49.6 Å². The van der Waals surface area contributed by atoms with Crippen molar-refractivity contribution in [2.75, 3.05) is 6.54 Å². The Bertz CT molecular complexity index is 801. The van der Waals surface area contributed by atoms with Crippen LogP contribution in [0.2, 0.25) is 0 Å². The van der Waals surface area contributed by atoms with Gasteiger partial charge < -0.3 is 14.6 Å². The van der Waals surface area contributed by atoms with Crippen molar-refractivity contribution in [3.63, 3.8) is 0 Å². The number of hydrogen-bond donors (Lipinski definition) is 1. The van der Waals surface area contributed by atoms with Crippen molar-refractivity contribution in [2.45, 2.75) is 33.5 Å². The van der Waals surface area contributed by atoms with E-state index in [1.165, 1.54) is 5.56 Å². The van der Waals surface area contributed by atoms with E-state index < -0.39 is 0 Å². The molecule has 1 N–H and O–H groups in total. The summed E-state index contributed by atoms with van der Waals surface area (Å²) in [5, 5.41) is 3.53. The van der Waals surface area contributed by atoms with E-state index in [0.29, 0.717) is 12.5 Å². The minimum absolute atomic E-state index is 0.485. The SMILES string of the molecule is Cc1nccn1CC(C)CNCc1cccc(OCc2ccccn2)c1. The van der Waals surface area contributed by atoms with Gasteiger partial charge in [0.2, 0.25) is 0 Å². The Morgan fingerprint density at radius 1 is 1.12 bits per heavy atom. The second-order valence-electron chi connectivity index (χ2n) is 6.62. The quantitative estimate of drug-likeness (QED) is 0.641. The van der Waals surface area contributed by atoms with Crippen LogP contribution in [0.25, 0.3) is 0 Å². The lowest BCUT2D eigenvalue weighted by Gasteiger charge is -2.15. The molecule has 0 amide bonds. The Morgan fingerprint density at radius 2 is 2.04 bits per heavy atom. The monoisotopic (exact) mass is 350 g/mol. The summed E-state index contributed by atoms with van der Waals surface area (Å²) in [4.78, 5) is 8.55. The van der Waals surface area contributed by atoms with Crippen LogP contribution in [0.1, 0.15) is 24.0 Å². The maximum Gasteiger partial charge on any atom is 0.130 e. The summed E-state index contributed by atoms with van der Waals surface area (Å²) in [7, 11) is 0. The van der Waals surface area contributed by atoms with Gasteiger partial charge in [-0.05, 0) is 49.2 Å². The number of aryl methyl sites for hydroxylation is 1. The highest BCUT2D eigenvalue weighted by Gasteiger charge is 2.05. The lowest BCUT2D eigenvalue weighted by atomic mass is 10.1. The highest BCUT2D eigenvalue weighted by atomic mass is 16.5. The van der Waals surface area contributed by atoms with Gasteiger partial charge in [0, 0.05) is 31.7 Å². The third-order valence-electron chi connectivity index (χ3n) is 4.27. The minimum atomic E-state index is 0.485. The van der Waals surface area contributed by atoms with Crippen LogP contribution in [0.5, 0.6) is 5.75 Å². The van der Waals surface area contributed by atoms with Gasteiger partial charge in [0.05, 0.1) is 5.69 Å². The number of benzene rings is 1. The average Bonchev–Trinajstić information content (AvgIpc) is 3.06. The molecule has 26 heavy (non-hydrogen) atoms. The van der Waals surface area contributed by atoms with Gasteiger partial charge in [-0.1, -0.05) is 25.1 Å². The Balaban J connectivity index is 1.44. The van der Waals surface area contributed by atoms with Crippen molar-refractivity contribution in [1.29, 1.82) is 0 Å². The van der Waals surface area contributed by atoms with Gasteiger partial charge in [0.15, 0.2) is 0 Å². The van der Waals surface area contributed by atoms with Gasteiger partial charge in [-0.3, -0.25) is 4.98 Å². The molecule has 1 unspecified atom stereocenters. The summed E-state index contributed by atoms with van der Waals surface area (Å²) in [6.45, 7) is 7.53. The molecule has 0 aliphatic carbocycles. The summed E-state index contributed by atoms with van der Waals surface area (Å²) >= 11 is 0. The van der Waals surface area contributed by atoms with Crippen molar-refractivity contribution in [3.05, 3.63) is 78.1 Å². The van der Waals surface area contributed by atoms with Crippen molar-refractivity contribution in [2.24, 2.45) is 5.92 Å².